The molecule has 1 saturated heterocycles. The summed E-state index contributed by atoms with van der Waals surface area (Å²) in [6, 6.07) is 36.1. The van der Waals surface area contributed by atoms with Gasteiger partial charge in [-0.1, -0.05) is 91.9 Å². The zero-order valence-electron chi connectivity index (χ0n) is 28.2. The third-order valence-electron chi connectivity index (χ3n) is 11.2. The predicted octanol–water partition coefficient (Wildman–Crippen LogP) is 7.29. The molecule has 0 bridgehead atoms. The highest BCUT2D eigenvalue weighted by molar-refractivity contribution is 6.91. The average Bonchev–Trinajstić information content (AvgIpc) is 3.67. The summed E-state index contributed by atoms with van der Waals surface area (Å²) in [6.45, 7) is 7.21. The third kappa shape index (κ3) is 4.61. The molecule has 8 heteroatoms. The number of anilines is 3. The van der Waals surface area contributed by atoms with Crippen molar-refractivity contribution in [3.05, 3.63) is 126 Å². The Morgan fingerprint density at radius 1 is 0.857 bits per heavy atom. The number of para-hydroxylation sites is 1. The number of hydrogen-bond acceptors (Lipinski definition) is 5. The van der Waals surface area contributed by atoms with Gasteiger partial charge >= 0.3 is 0 Å². The maximum Gasteiger partial charge on any atom is 0.264 e. The number of hydrogen-bond donors (Lipinski definition) is 1. The van der Waals surface area contributed by atoms with Crippen molar-refractivity contribution in [2.24, 2.45) is 5.92 Å². The number of carbonyl (C=O) groups is 2. The number of nitrogens with zero attached hydrogens (tertiary/aromatic N) is 2. The molecule has 0 aromatic heterocycles. The quantitative estimate of drug-likeness (QED) is 0.176. The van der Waals surface area contributed by atoms with Gasteiger partial charge in [-0.25, -0.2) is 0 Å². The lowest BCUT2D eigenvalue weighted by atomic mass is 9.82. The third-order valence-corrected chi connectivity index (χ3v) is 15.6. The fourth-order valence-corrected chi connectivity index (χ4v) is 13.0. The molecule has 49 heavy (non-hydrogen) atoms. The van der Waals surface area contributed by atoms with Crippen molar-refractivity contribution in [2.45, 2.75) is 50.2 Å². The van der Waals surface area contributed by atoms with Crippen LogP contribution >= 0.6 is 0 Å². The summed E-state index contributed by atoms with van der Waals surface area (Å²) in [7, 11) is -0.577. The highest BCUT2D eigenvalue weighted by Crippen LogP contribution is 2.60. The summed E-state index contributed by atoms with van der Waals surface area (Å²) < 4.78 is 12.4. The standard InChI is InChI=1S/C41H40N2O5Si/c1-26-38(49(3,4)31-21-19-30(47-2)20-22-31)36(23-24-44)48-41(26)33-12-5-6-13-34(33)42(40(41)46)25-27-15-17-29(18-16-27)43-35-14-8-10-28-9-7-11-32(37(28)35)39(43)45/h5-22,26,36,38,44H,23-25H2,1-4H3/t26-,36+,38-,41+/m1/s1. The normalized spacial score (nSPS) is 22.8. The van der Waals surface area contributed by atoms with Crippen LogP contribution in [0.2, 0.25) is 18.6 Å². The highest BCUT2D eigenvalue weighted by atomic mass is 28.3. The number of aliphatic hydroxyl groups is 1. The Kier molecular flexibility index (Phi) is 7.51. The second-order valence-corrected chi connectivity index (χ2v) is 18.8. The van der Waals surface area contributed by atoms with Crippen molar-refractivity contribution in [3.8, 4) is 5.75 Å². The Hall–Kier alpha value is -4.76. The van der Waals surface area contributed by atoms with E-state index in [1.165, 1.54) is 5.19 Å². The largest absolute Gasteiger partial charge is 0.497 e. The van der Waals surface area contributed by atoms with E-state index in [0.29, 0.717) is 18.5 Å². The van der Waals surface area contributed by atoms with Crippen LogP contribution in [0.3, 0.4) is 0 Å². The summed E-state index contributed by atoms with van der Waals surface area (Å²) >= 11 is 0. The molecule has 5 aromatic carbocycles. The van der Waals surface area contributed by atoms with Crippen LogP contribution in [-0.4, -0.2) is 44.8 Å². The first-order valence-corrected chi connectivity index (χ1v) is 20.1. The van der Waals surface area contributed by atoms with Gasteiger partial charge in [-0.2, -0.15) is 0 Å². The molecule has 1 fully saturated rings. The Bertz CT molecular complexity index is 2090. The van der Waals surface area contributed by atoms with Gasteiger partial charge in [-0.3, -0.25) is 14.5 Å². The number of benzene rings is 5. The van der Waals surface area contributed by atoms with Gasteiger partial charge in [0, 0.05) is 29.2 Å². The summed E-state index contributed by atoms with van der Waals surface area (Å²) in [6.07, 6.45) is 0.194. The zero-order chi connectivity index (χ0) is 34.1. The minimum Gasteiger partial charge on any atom is -0.497 e. The minimum absolute atomic E-state index is 0.0118. The smallest absolute Gasteiger partial charge is 0.264 e. The number of amides is 2. The van der Waals surface area contributed by atoms with E-state index in [1.54, 1.807) is 12.0 Å². The van der Waals surface area contributed by atoms with Gasteiger partial charge in [0.25, 0.3) is 11.8 Å². The van der Waals surface area contributed by atoms with Gasteiger partial charge in [0.2, 0.25) is 0 Å². The predicted molar refractivity (Wildman–Crippen MR) is 196 cm³/mol. The van der Waals surface area contributed by atoms with E-state index in [4.69, 9.17) is 9.47 Å². The van der Waals surface area contributed by atoms with Crippen molar-refractivity contribution in [3.63, 3.8) is 0 Å². The lowest BCUT2D eigenvalue weighted by molar-refractivity contribution is -0.146. The van der Waals surface area contributed by atoms with E-state index >= 15 is 0 Å². The van der Waals surface area contributed by atoms with Crippen molar-refractivity contribution in [1.82, 2.24) is 0 Å². The lowest BCUT2D eigenvalue weighted by Crippen LogP contribution is -2.51. The topological polar surface area (TPSA) is 79.3 Å². The summed E-state index contributed by atoms with van der Waals surface area (Å²) in [4.78, 5) is 32.0. The average molecular weight is 669 g/mol. The van der Waals surface area contributed by atoms with Crippen LogP contribution in [-0.2, 0) is 21.7 Å². The molecule has 3 aliphatic heterocycles. The molecular formula is C41H40N2O5Si. The number of aliphatic hydroxyl groups excluding tert-OH is 1. The van der Waals surface area contributed by atoms with Crippen LogP contribution < -0.4 is 19.7 Å². The van der Waals surface area contributed by atoms with Crippen molar-refractivity contribution >= 4 is 52.9 Å². The van der Waals surface area contributed by atoms with Gasteiger partial charge in [-0.05, 0) is 65.4 Å². The Balaban J connectivity index is 1.11. The Morgan fingerprint density at radius 2 is 1.55 bits per heavy atom. The van der Waals surface area contributed by atoms with E-state index in [0.717, 1.165) is 44.7 Å². The SMILES string of the molecule is COc1ccc([Si](C)(C)[C@H]2[C@H](CCO)O[C@@]3(C(=O)N(Cc4ccc(N5C(=O)c6cccc7cccc5c67)cc4)c4ccccc43)[C@@H]2C)cc1. The first kappa shape index (κ1) is 31.5. The van der Waals surface area contributed by atoms with Crippen molar-refractivity contribution < 1.29 is 24.2 Å². The minimum atomic E-state index is -2.25. The van der Waals surface area contributed by atoms with Crippen LogP contribution in [0.15, 0.2) is 109 Å². The van der Waals surface area contributed by atoms with Crippen LogP contribution in [0.4, 0.5) is 17.1 Å². The van der Waals surface area contributed by atoms with Crippen molar-refractivity contribution in [1.29, 1.82) is 0 Å². The molecule has 7 nitrogen and oxygen atoms in total. The molecule has 2 amide bonds. The maximum atomic E-state index is 14.9. The fourth-order valence-electron chi connectivity index (χ4n) is 8.93. The zero-order valence-corrected chi connectivity index (χ0v) is 29.2. The van der Waals surface area contributed by atoms with Crippen LogP contribution in [0, 0.1) is 5.92 Å². The van der Waals surface area contributed by atoms with Gasteiger partial charge < -0.3 is 19.5 Å². The van der Waals surface area contributed by atoms with E-state index in [1.807, 2.05) is 102 Å². The first-order valence-electron chi connectivity index (χ1n) is 17.0. The summed E-state index contributed by atoms with van der Waals surface area (Å²) in [5.74, 6) is 0.586. The lowest BCUT2D eigenvalue weighted by Gasteiger charge is -2.37. The molecule has 0 unspecified atom stereocenters. The van der Waals surface area contributed by atoms with Crippen LogP contribution in [0.1, 0.15) is 34.8 Å². The number of ether oxygens (including phenoxy) is 2. The van der Waals surface area contributed by atoms with E-state index in [-0.39, 0.29) is 36.0 Å². The molecule has 3 aliphatic rings. The number of rotatable bonds is 8. The molecule has 1 N–H and O–H groups in total. The van der Waals surface area contributed by atoms with E-state index in [2.05, 4.69) is 32.2 Å². The number of fused-ring (bicyclic) bond motifs is 2. The van der Waals surface area contributed by atoms with Gasteiger partial charge in [0.15, 0.2) is 5.60 Å². The molecule has 3 heterocycles. The van der Waals surface area contributed by atoms with Gasteiger partial charge in [0.1, 0.15) is 5.75 Å². The fraction of sp³-hybridized carbons (Fsp3) is 0.268. The molecule has 248 valence electrons. The maximum absolute atomic E-state index is 14.9. The Morgan fingerprint density at radius 3 is 2.27 bits per heavy atom. The molecule has 0 radical (unpaired) electrons. The van der Waals surface area contributed by atoms with Gasteiger partial charge in [-0.15, -0.1) is 0 Å². The van der Waals surface area contributed by atoms with E-state index < -0.39 is 13.7 Å². The Labute approximate surface area is 287 Å². The van der Waals surface area contributed by atoms with E-state index in [9.17, 15) is 14.7 Å². The molecule has 0 saturated carbocycles. The molecule has 4 atom stereocenters. The molecule has 5 aromatic rings. The van der Waals surface area contributed by atoms with Gasteiger partial charge in [0.05, 0.1) is 44.8 Å². The first-order chi connectivity index (χ1) is 23.7. The molecule has 8 rings (SSSR count). The summed E-state index contributed by atoms with van der Waals surface area (Å²) in [5, 5.41) is 13.5. The second kappa shape index (κ2) is 11.7. The molecular weight excluding hydrogens is 629 g/mol. The molecule has 1 spiro atoms. The van der Waals surface area contributed by atoms with Crippen LogP contribution in [0.25, 0.3) is 10.8 Å². The van der Waals surface area contributed by atoms with Crippen LogP contribution in [0.5, 0.6) is 5.75 Å². The van der Waals surface area contributed by atoms with Crippen molar-refractivity contribution in [2.75, 3.05) is 23.5 Å². The molecule has 0 aliphatic carbocycles. The highest BCUT2D eigenvalue weighted by Gasteiger charge is 2.66. The monoisotopic (exact) mass is 668 g/mol. The second-order valence-electron chi connectivity index (χ2n) is 14.1. The number of carbonyl (C=O) groups excluding carboxylic acids is 2. The number of methoxy groups -OCH3 is 1. The summed E-state index contributed by atoms with van der Waals surface area (Å²) in [5.41, 5.74) is 4.01.